The van der Waals surface area contributed by atoms with Gasteiger partial charge >= 0.3 is 6.18 Å². The average molecular weight is 490 g/mol. The van der Waals surface area contributed by atoms with Crippen molar-refractivity contribution >= 4 is 22.5 Å². The van der Waals surface area contributed by atoms with E-state index in [1.807, 2.05) is 0 Å². The van der Waals surface area contributed by atoms with Crippen LogP contribution in [0.25, 0.3) is 28.0 Å². The lowest BCUT2D eigenvalue weighted by atomic mass is 10.2. The molecule has 0 aliphatic heterocycles. The molecule has 180 valence electrons. The van der Waals surface area contributed by atoms with E-state index in [1.165, 1.54) is 29.2 Å². The zero-order valence-corrected chi connectivity index (χ0v) is 18.7. The number of carbonyl (C=O) groups is 1. The Morgan fingerprint density at radius 3 is 2.56 bits per heavy atom. The number of benzene rings is 1. The van der Waals surface area contributed by atoms with E-state index in [0.717, 1.165) is 6.07 Å². The molecular formula is C25H17F3N6O2. The van der Waals surface area contributed by atoms with E-state index in [1.54, 1.807) is 55.8 Å². The maximum atomic E-state index is 13.0. The molecule has 0 aliphatic carbocycles. The summed E-state index contributed by atoms with van der Waals surface area (Å²) in [6.45, 7) is 0. The molecule has 36 heavy (non-hydrogen) atoms. The minimum absolute atomic E-state index is 0.141. The van der Waals surface area contributed by atoms with E-state index < -0.39 is 17.8 Å². The molecule has 11 heteroatoms. The van der Waals surface area contributed by atoms with Gasteiger partial charge in [-0.15, -0.1) is 0 Å². The van der Waals surface area contributed by atoms with Crippen molar-refractivity contribution in [2.75, 3.05) is 12.4 Å². The normalized spacial score (nSPS) is 11.4. The van der Waals surface area contributed by atoms with E-state index in [4.69, 9.17) is 4.74 Å². The highest BCUT2D eigenvalue weighted by Gasteiger charge is 2.32. The summed E-state index contributed by atoms with van der Waals surface area (Å²) in [6.07, 6.45) is -0.0140. The van der Waals surface area contributed by atoms with Crippen molar-refractivity contribution in [3.05, 3.63) is 90.6 Å². The number of ether oxygens (including phenoxy) is 1. The van der Waals surface area contributed by atoms with Gasteiger partial charge in [0.1, 0.15) is 17.1 Å². The second-order valence-electron chi connectivity index (χ2n) is 7.66. The summed E-state index contributed by atoms with van der Waals surface area (Å²) in [5.74, 6) is 0.590. The average Bonchev–Trinajstić information content (AvgIpc) is 3.38. The van der Waals surface area contributed by atoms with E-state index >= 15 is 0 Å². The topological polar surface area (TPSA) is 94.8 Å². The van der Waals surface area contributed by atoms with Crippen LogP contribution in [0.15, 0.2) is 79.3 Å². The molecule has 5 aromatic rings. The van der Waals surface area contributed by atoms with Gasteiger partial charge in [-0.25, -0.2) is 19.6 Å². The molecule has 0 aliphatic rings. The van der Waals surface area contributed by atoms with Crippen LogP contribution in [-0.4, -0.2) is 37.7 Å². The summed E-state index contributed by atoms with van der Waals surface area (Å²) >= 11 is 0. The number of hydrogen-bond acceptors (Lipinski definition) is 6. The predicted molar refractivity (Wildman–Crippen MR) is 126 cm³/mol. The molecular weight excluding hydrogens is 473 g/mol. The fourth-order valence-corrected chi connectivity index (χ4v) is 3.54. The number of nitrogens with one attached hydrogen (secondary N) is 1. The third-order valence-corrected chi connectivity index (χ3v) is 5.31. The standard InChI is InChI=1S/C25H17F3N6O2/c1-36-17-7-5-16(6-8-17)31-24(35)21-4-2-3-19(32-21)15-13-30-34(14-15)23-18-9-10-22(25(26,27)28)33-20(18)11-12-29-23/h2-14H,1H3,(H,31,35). The number of alkyl halides is 3. The Balaban J connectivity index is 1.41. The summed E-state index contributed by atoms with van der Waals surface area (Å²) in [6, 6.07) is 15.5. The largest absolute Gasteiger partial charge is 0.497 e. The molecule has 0 atom stereocenters. The summed E-state index contributed by atoms with van der Waals surface area (Å²) in [7, 11) is 1.56. The smallest absolute Gasteiger partial charge is 0.433 e. The lowest BCUT2D eigenvalue weighted by Crippen LogP contribution is -2.13. The number of rotatable bonds is 5. The first-order valence-electron chi connectivity index (χ1n) is 10.6. The molecule has 4 aromatic heterocycles. The lowest BCUT2D eigenvalue weighted by Gasteiger charge is -2.09. The number of anilines is 1. The molecule has 4 heterocycles. The summed E-state index contributed by atoms with van der Waals surface area (Å²) in [5.41, 5.74) is 1.02. The lowest BCUT2D eigenvalue weighted by molar-refractivity contribution is -0.140. The highest BCUT2D eigenvalue weighted by atomic mass is 19.4. The van der Waals surface area contributed by atoms with Crippen LogP contribution in [-0.2, 0) is 6.18 Å². The summed E-state index contributed by atoms with van der Waals surface area (Å²) < 4.78 is 45.7. The molecule has 8 nitrogen and oxygen atoms in total. The van der Waals surface area contributed by atoms with Crippen molar-refractivity contribution in [2.24, 2.45) is 0 Å². The van der Waals surface area contributed by atoms with Crippen LogP contribution in [0.1, 0.15) is 16.2 Å². The Labute approximate surface area is 202 Å². The highest BCUT2D eigenvalue weighted by Crippen LogP contribution is 2.30. The van der Waals surface area contributed by atoms with Gasteiger partial charge < -0.3 is 10.1 Å². The van der Waals surface area contributed by atoms with Crippen LogP contribution in [0.5, 0.6) is 5.75 Å². The van der Waals surface area contributed by atoms with E-state index in [2.05, 4.69) is 25.4 Å². The number of amides is 1. The fraction of sp³-hybridized carbons (Fsp3) is 0.0800. The molecule has 0 bridgehead atoms. The number of carbonyl (C=O) groups excluding carboxylic acids is 1. The molecule has 1 N–H and O–H groups in total. The molecule has 0 unspecified atom stereocenters. The summed E-state index contributed by atoms with van der Waals surface area (Å²) in [4.78, 5) is 25.1. The number of methoxy groups -OCH3 is 1. The molecule has 0 fully saturated rings. The minimum atomic E-state index is -4.55. The molecule has 0 saturated carbocycles. The van der Waals surface area contributed by atoms with E-state index in [9.17, 15) is 18.0 Å². The van der Waals surface area contributed by atoms with Crippen molar-refractivity contribution < 1.29 is 22.7 Å². The van der Waals surface area contributed by atoms with Crippen molar-refractivity contribution in [1.29, 1.82) is 0 Å². The first kappa shape index (κ1) is 23.0. The molecule has 0 radical (unpaired) electrons. The number of fused-ring (bicyclic) bond motifs is 1. The van der Waals surface area contributed by atoms with E-state index in [0.29, 0.717) is 33.9 Å². The third kappa shape index (κ3) is 4.58. The Morgan fingerprint density at radius 1 is 1.00 bits per heavy atom. The van der Waals surface area contributed by atoms with Gasteiger partial charge in [0.05, 0.1) is 24.5 Å². The fourth-order valence-electron chi connectivity index (χ4n) is 3.54. The second-order valence-corrected chi connectivity index (χ2v) is 7.66. The van der Waals surface area contributed by atoms with Crippen molar-refractivity contribution in [3.63, 3.8) is 0 Å². The molecule has 0 saturated heterocycles. The maximum absolute atomic E-state index is 13.0. The Morgan fingerprint density at radius 2 is 1.81 bits per heavy atom. The number of nitrogens with zero attached hydrogens (tertiary/aromatic N) is 5. The van der Waals surface area contributed by atoms with Crippen LogP contribution in [0, 0.1) is 0 Å². The van der Waals surface area contributed by atoms with Gasteiger partial charge in [0.25, 0.3) is 5.91 Å². The Kier molecular flexibility index (Phi) is 5.80. The van der Waals surface area contributed by atoms with Gasteiger partial charge in [-0.3, -0.25) is 4.79 Å². The van der Waals surface area contributed by atoms with Gasteiger partial charge in [-0.1, -0.05) is 6.07 Å². The first-order valence-corrected chi connectivity index (χ1v) is 10.6. The molecule has 1 amide bonds. The van der Waals surface area contributed by atoms with Crippen LogP contribution in [0.3, 0.4) is 0 Å². The van der Waals surface area contributed by atoms with Crippen LogP contribution < -0.4 is 10.1 Å². The van der Waals surface area contributed by atoms with Crippen molar-refractivity contribution in [1.82, 2.24) is 24.7 Å². The quantitative estimate of drug-likeness (QED) is 0.366. The zero-order chi connectivity index (χ0) is 25.3. The Bertz CT molecular complexity index is 1560. The number of hydrogen-bond donors (Lipinski definition) is 1. The van der Waals surface area contributed by atoms with Crippen LogP contribution in [0.4, 0.5) is 18.9 Å². The number of aromatic nitrogens is 5. The molecule has 0 spiro atoms. The van der Waals surface area contributed by atoms with Gasteiger partial charge in [0.2, 0.25) is 0 Å². The van der Waals surface area contributed by atoms with Gasteiger partial charge in [-0.05, 0) is 54.6 Å². The highest BCUT2D eigenvalue weighted by molar-refractivity contribution is 6.03. The second kappa shape index (κ2) is 9.10. The zero-order valence-electron chi connectivity index (χ0n) is 18.7. The third-order valence-electron chi connectivity index (χ3n) is 5.31. The van der Waals surface area contributed by atoms with E-state index in [-0.39, 0.29) is 11.2 Å². The van der Waals surface area contributed by atoms with Crippen molar-refractivity contribution in [2.45, 2.75) is 6.18 Å². The van der Waals surface area contributed by atoms with Gasteiger partial charge in [0, 0.05) is 29.0 Å². The van der Waals surface area contributed by atoms with Crippen LogP contribution >= 0.6 is 0 Å². The first-order chi connectivity index (χ1) is 17.3. The number of halogens is 3. The van der Waals surface area contributed by atoms with Crippen LogP contribution in [0.2, 0.25) is 0 Å². The Hall–Kier alpha value is -4.80. The molecule has 1 aromatic carbocycles. The summed E-state index contributed by atoms with van der Waals surface area (Å²) in [5, 5.41) is 7.48. The van der Waals surface area contributed by atoms with Crippen molar-refractivity contribution in [3.8, 4) is 22.8 Å². The maximum Gasteiger partial charge on any atom is 0.433 e. The van der Waals surface area contributed by atoms with Gasteiger partial charge in [-0.2, -0.15) is 18.3 Å². The monoisotopic (exact) mass is 490 g/mol. The predicted octanol–water partition coefficient (Wildman–Crippen LogP) is 5.16. The SMILES string of the molecule is COc1ccc(NC(=O)c2cccc(-c3cnn(-c4nccc5nc(C(F)(F)F)ccc45)c3)n2)cc1. The van der Waals surface area contributed by atoms with Gasteiger partial charge in [0.15, 0.2) is 5.82 Å². The molecule has 5 rings (SSSR count). The minimum Gasteiger partial charge on any atom is -0.497 e. The number of pyridine rings is 3.